The van der Waals surface area contributed by atoms with E-state index in [1.807, 2.05) is 0 Å². The molecule has 0 aromatic heterocycles. The number of rotatable bonds is 1. The predicted octanol–water partition coefficient (Wildman–Crippen LogP) is 2.66. The molecule has 0 radical (unpaired) electrons. The topological polar surface area (TPSA) is 26.0 Å². The normalized spacial score (nSPS) is 31.9. The number of fused-ring (bicyclic) bond motifs is 2. The third-order valence-corrected chi connectivity index (χ3v) is 4.14. The van der Waals surface area contributed by atoms with Crippen LogP contribution in [0.25, 0.3) is 0 Å². The van der Waals surface area contributed by atoms with Crippen LogP contribution in [0.5, 0.6) is 0 Å². The summed E-state index contributed by atoms with van der Waals surface area (Å²) in [7, 11) is 0. The van der Waals surface area contributed by atoms with Crippen molar-refractivity contribution in [2.75, 3.05) is 6.54 Å². The molecule has 1 spiro atoms. The van der Waals surface area contributed by atoms with Crippen LogP contribution >= 0.6 is 12.4 Å². The molecule has 0 amide bonds. The first-order chi connectivity index (χ1) is 6.87. The van der Waals surface area contributed by atoms with Gasteiger partial charge in [0.2, 0.25) is 0 Å². The highest BCUT2D eigenvalue weighted by Crippen LogP contribution is 2.59. The van der Waals surface area contributed by atoms with Crippen molar-refractivity contribution in [3.05, 3.63) is 35.4 Å². The van der Waals surface area contributed by atoms with Gasteiger partial charge in [-0.15, -0.1) is 12.4 Å². The van der Waals surface area contributed by atoms with Crippen LogP contribution in [0.15, 0.2) is 24.3 Å². The molecule has 1 aromatic carbocycles. The van der Waals surface area contributed by atoms with E-state index in [-0.39, 0.29) is 12.4 Å². The maximum atomic E-state index is 5.80. The molecule has 2 aliphatic rings. The van der Waals surface area contributed by atoms with Crippen molar-refractivity contribution in [2.45, 2.75) is 31.1 Å². The molecule has 2 aliphatic carbocycles. The van der Waals surface area contributed by atoms with E-state index in [9.17, 15) is 0 Å². The minimum absolute atomic E-state index is 0. The van der Waals surface area contributed by atoms with Gasteiger partial charge < -0.3 is 5.73 Å². The summed E-state index contributed by atoms with van der Waals surface area (Å²) in [6.45, 7) is 0.869. The van der Waals surface area contributed by atoms with Crippen molar-refractivity contribution < 1.29 is 0 Å². The van der Waals surface area contributed by atoms with Crippen LogP contribution in [-0.2, 0) is 11.8 Å². The Balaban J connectivity index is 0.000000853. The monoisotopic (exact) mass is 223 g/mol. The zero-order valence-corrected chi connectivity index (χ0v) is 9.72. The van der Waals surface area contributed by atoms with Gasteiger partial charge >= 0.3 is 0 Å². The second-order valence-electron chi connectivity index (χ2n) is 4.80. The fraction of sp³-hybridized carbons (Fsp3) is 0.538. The molecule has 0 bridgehead atoms. The number of hydrogen-bond donors (Lipinski definition) is 1. The van der Waals surface area contributed by atoms with E-state index in [1.54, 1.807) is 11.1 Å². The maximum absolute atomic E-state index is 5.80. The Bertz CT molecular complexity index is 363. The Hall–Kier alpha value is -0.530. The smallest absolute Gasteiger partial charge is 0.0000168 e. The van der Waals surface area contributed by atoms with Crippen molar-refractivity contribution >= 4 is 12.4 Å². The molecule has 0 saturated heterocycles. The van der Waals surface area contributed by atoms with Gasteiger partial charge in [0.15, 0.2) is 0 Å². The van der Waals surface area contributed by atoms with Crippen molar-refractivity contribution in [1.82, 2.24) is 0 Å². The number of halogens is 1. The van der Waals surface area contributed by atoms with Gasteiger partial charge in [-0.1, -0.05) is 24.3 Å². The number of hydrogen-bond acceptors (Lipinski definition) is 1. The molecule has 1 nitrogen and oxygen atoms in total. The summed E-state index contributed by atoms with van der Waals surface area (Å²) in [6.07, 6.45) is 5.33. The van der Waals surface area contributed by atoms with Crippen LogP contribution < -0.4 is 5.73 Å². The molecule has 3 rings (SSSR count). The number of benzene rings is 1. The Morgan fingerprint density at radius 3 is 2.87 bits per heavy atom. The first-order valence-electron chi connectivity index (χ1n) is 5.65. The molecule has 0 heterocycles. The molecule has 0 aliphatic heterocycles. The SMILES string of the molecule is Cl.NC[C@@H]1C[C@]12CCCc1ccccc12. The third-order valence-electron chi connectivity index (χ3n) is 4.14. The molecule has 2 heteroatoms. The molecule has 1 saturated carbocycles. The van der Waals surface area contributed by atoms with Crippen LogP contribution in [-0.4, -0.2) is 6.54 Å². The molecule has 82 valence electrons. The fourth-order valence-corrected chi connectivity index (χ4v) is 3.28. The van der Waals surface area contributed by atoms with Gasteiger partial charge in [0.05, 0.1) is 0 Å². The minimum Gasteiger partial charge on any atom is -0.330 e. The summed E-state index contributed by atoms with van der Waals surface area (Å²) in [5.74, 6) is 0.768. The van der Waals surface area contributed by atoms with Gasteiger partial charge in [-0.2, -0.15) is 0 Å². The summed E-state index contributed by atoms with van der Waals surface area (Å²) in [5, 5.41) is 0. The highest BCUT2D eigenvalue weighted by atomic mass is 35.5. The highest BCUT2D eigenvalue weighted by molar-refractivity contribution is 5.85. The minimum atomic E-state index is 0. The molecule has 15 heavy (non-hydrogen) atoms. The van der Waals surface area contributed by atoms with E-state index in [1.165, 1.54) is 25.7 Å². The van der Waals surface area contributed by atoms with Gasteiger partial charge in [0.1, 0.15) is 0 Å². The Morgan fingerprint density at radius 1 is 1.33 bits per heavy atom. The standard InChI is InChI=1S/C13H17N.ClH/c14-9-11-8-13(11)7-3-5-10-4-1-2-6-12(10)13;/h1-2,4,6,11H,3,5,7-9,14H2;1H/t11-,13+;/m0./s1. The van der Waals surface area contributed by atoms with Gasteiger partial charge in [-0.3, -0.25) is 0 Å². The Morgan fingerprint density at radius 2 is 2.13 bits per heavy atom. The van der Waals surface area contributed by atoms with Crippen molar-refractivity contribution in [2.24, 2.45) is 11.7 Å². The summed E-state index contributed by atoms with van der Waals surface area (Å²) >= 11 is 0. The third kappa shape index (κ3) is 1.49. The van der Waals surface area contributed by atoms with E-state index >= 15 is 0 Å². The summed E-state index contributed by atoms with van der Waals surface area (Å²) < 4.78 is 0. The van der Waals surface area contributed by atoms with E-state index < -0.39 is 0 Å². The van der Waals surface area contributed by atoms with Crippen molar-refractivity contribution in [3.63, 3.8) is 0 Å². The molecular formula is C13H18ClN. The maximum Gasteiger partial charge on any atom is -0.0000168 e. The molecule has 2 N–H and O–H groups in total. The Labute approximate surface area is 97.5 Å². The molecule has 1 aromatic rings. The number of nitrogens with two attached hydrogens (primary N) is 1. The van der Waals surface area contributed by atoms with Crippen LogP contribution in [0.2, 0.25) is 0 Å². The molecule has 1 fully saturated rings. The second kappa shape index (κ2) is 3.80. The van der Waals surface area contributed by atoms with Gasteiger partial charge in [0.25, 0.3) is 0 Å². The van der Waals surface area contributed by atoms with Crippen LogP contribution in [0.3, 0.4) is 0 Å². The molecular weight excluding hydrogens is 206 g/mol. The predicted molar refractivity (Wildman–Crippen MR) is 65.5 cm³/mol. The first kappa shape index (κ1) is 11.0. The van der Waals surface area contributed by atoms with Gasteiger partial charge in [-0.25, -0.2) is 0 Å². The fourth-order valence-electron chi connectivity index (χ4n) is 3.28. The zero-order chi connectivity index (χ0) is 9.60. The quantitative estimate of drug-likeness (QED) is 0.779. The summed E-state index contributed by atoms with van der Waals surface area (Å²) in [6, 6.07) is 8.96. The van der Waals surface area contributed by atoms with Crippen molar-refractivity contribution in [1.29, 1.82) is 0 Å². The van der Waals surface area contributed by atoms with Gasteiger partial charge in [0, 0.05) is 0 Å². The lowest BCUT2D eigenvalue weighted by Crippen LogP contribution is -2.21. The second-order valence-corrected chi connectivity index (χ2v) is 4.80. The molecule has 2 atom stereocenters. The summed E-state index contributed by atoms with van der Waals surface area (Å²) in [4.78, 5) is 0. The first-order valence-corrected chi connectivity index (χ1v) is 5.65. The average molecular weight is 224 g/mol. The molecule has 0 unspecified atom stereocenters. The summed E-state index contributed by atoms with van der Waals surface area (Å²) in [5.41, 5.74) is 9.49. The lowest BCUT2D eigenvalue weighted by atomic mass is 9.79. The van der Waals surface area contributed by atoms with Crippen molar-refractivity contribution in [3.8, 4) is 0 Å². The zero-order valence-electron chi connectivity index (χ0n) is 8.91. The van der Waals surface area contributed by atoms with Crippen LogP contribution in [0.4, 0.5) is 0 Å². The van der Waals surface area contributed by atoms with E-state index in [2.05, 4.69) is 24.3 Å². The van der Waals surface area contributed by atoms with Gasteiger partial charge in [-0.05, 0) is 54.7 Å². The lowest BCUT2D eigenvalue weighted by molar-refractivity contribution is 0.499. The highest BCUT2D eigenvalue weighted by Gasteiger charge is 2.55. The van der Waals surface area contributed by atoms with E-state index in [0.717, 1.165) is 12.5 Å². The van der Waals surface area contributed by atoms with Crippen LogP contribution in [0, 0.1) is 5.92 Å². The van der Waals surface area contributed by atoms with E-state index in [4.69, 9.17) is 5.73 Å². The average Bonchev–Trinajstić information content (AvgIpc) is 2.94. The van der Waals surface area contributed by atoms with Crippen LogP contribution in [0.1, 0.15) is 30.4 Å². The van der Waals surface area contributed by atoms with E-state index in [0.29, 0.717) is 5.41 Å². The lowest BCUT2D eigenvalue weighted by Gasteiger charge is -2.26. The largest absolute Gasteiger partial charge is 0.330 e. The Kier molecular flexibility index (Phi) is 2.78. The number of aryl methyl sites for hydroxylation is 1.